The predicted molar refractivity (Wildman–Crippen MR) is 141 cm³/mol. The lowest BCUT2D eigenvalue weighted by molar-refractivity contribution is 0.306. The molecule has 2 nitrogen and oxygen atoms in total. The Morgan fingerprint density at radius 3 is 1.76 bits per heavy atom. The highest BCUT2D eigenvalue weighted by Crippen LogP contribution is 2.38. The summed E-state index contributed by atoms with van der Waals surface area (Å²) in [5, 5.41) is 0. The minimum Gasteiger partial charge on any atom is -0.497 e. The molecule has 0 aliphatic carbocycles. The Labute approximate surface area is 201 Å². The van der Waals surface area contributed by atoms with E-state index in [1.165, 1.54) is 50.4 Å². The Hall–Kier alpha value is -3.17. The Bertz CT molecular complexity index is 1160. The van der Waals surface area contributed by atoms with Gasteiger partial charge in [-0.1, -0.05) is 49.6 Å². The van der Waals surface area contributed by atoms with Gasteiger partial charge in [0, 0.05) is 23.3 Å². The molecule has 3 heteroatoms. The maximum absolute atomic E-state index is 5.91. The average Bonchev–Trinajstić information content (AvgIpc) is 2.87. The Balaban J connectivity index is 1.69. The van der Waals surface area contributed by atoms with Crippen LogP contribution in [0.25, 0.3) is 32.0 Å². The number of unbranched alkanes of at least 4 members (excludes halogenated alkanes) is 2. The van der Waals surface area contributed by atoms with E-state index in [9.17, 15) is 0 Å². The van der Waals surface area contributed by atoms with Gasteiger partial charge in [-0.2, -0.15) is 0 Å². The number of ether oxygens (including phenoxy) is 2. The van der Waals surface area contributed by atoms with Crippen molar-refractivity contribution >= 4 is 11.3 Å². The first-order valence-electron chi connectivity index (χ1n) is 11.6. The molecule has 0 spiro atoms. The molecule has 0 fully saturated rings. The maximum atomic E-state index is 5.91. The first-order valence-corrected chi connectivity index (χ1v) is 12.4. The van der Waals surface area contributed by atoms with Gasteiger partial charge in [-0.15, -0.1) is 0 Å². The molecule has 1 heterocycles. The van der Waals surface area contributed by atoms with Crippen LogP contribution in [-0.4, -0.2) is 13.7 Å². The second kappa shape index (κ2) is 11.1. The van der Waals surface area contributed by atoms with Crippen molar-refractivity contribution in [1.29, 1.82) is 0 Å². The summed E-state index contributed by atoms with van der Waals surface area (Å²) < 4.78 is 11.3. The summed E-state index contributed by atoms with van der Waals surface area (Å²) in [5.41, 5.74) is 6.08. The lowest BCUT2D eigenvalue weighted by atomic mass is 10.0. The normalized spacial score (nSPS) is 10.8. The molecule has 0 aliphatic heterocycles. The molecule has 0 saturated carbocycles. The second-order valence-electron chi connectivity index (χ2n) is 8.25. The van der Waals surface area contributed by atoms with Gasteiger partial charge in [-0.25, -0.2) is 0 Å². The first-order chi connectivity index (χ1) is 16.2. The van der Waals surface area contributed by atoms with E-state index in [4.69, 9.17) is 9.47 Å². The Morgan fingerprint density at radius 1 is 0.636 bits per heavy atom. The van der Waals surface area contributed by atoms with E-state index in [1.807, 2.05) is 23.5 Å². The number of benzene rings is 3. The molecule has 0 aliphatic rings. The third kappa shape index (κ3) is 6.00. The molecule has 0 amide bonds. The van der Waals surface area contributed by atoms with Gasteiger partial charge in [0.05, 0.1) is 13.7 Å². The maximum Gasteiger partial charge on any atom is 0.239 e. The molecular weight excluding hydrogens is 424 g/mol. The monoisotopic (exact) mass is 455 g/mol. The molecule has 0 saturated heterocycles. The van der Waals surface area contributed by atoms with Gasteiger partial charge in [-0.05, 0) is 73.0 Å². The average molecular weight is 456 g/mol. The van der Waals surface area contributed by atoms with Crippen LogP contribution < -0.4 is 9.47 Å². The fraction of sp³-hybridized carbons (Fsp3) is 0.233. The molecule has 168 valence electrons. The largest absolute Gasteiger partial charge is 0.497 e. The summed E-state index contributed by atoms with van der Waals surface area (Å²) in [6.45, 7) is 5.11. The predicted octanol–water partition coefficient (Wildman–Crippen LogP) is 8.92. The standard InChI is InChI=1S/C30H31O2S/c1-4-5-6-19-32-28-17-11-23(12-18-28)26-20-29(24-9-7-22(2)8-10-24)33-30(21-26)25-13-15-27(31-3)16-14-25/h7-18,20-21H,4-6,19H2,1-3H3/q+1. The lowest BCUT2D eigenvalue weighted by Crippen LogP contribution is -1.96. The van der Waals surface area contributed by atoms with Crippen molar-refractivity contribution < 1.29 is 9.47 Å². The van der Waals surface area contributed by atoms with E-state index in [1.54, 1.807) is 7.11 Å². The summed E-state index contributed by atoms with van der Waals surface area (Å²) in [6, 6.07) is 30.1. The highest BCUT2D eigenvalue weighted by molar-refractivity contribution is 7.18. The van der Waals surface area contributed by atoms with Crippen LogP contribution >= 0.6 is 11.3 Å². The first kappa shape index (κ1) is 23.0. The van der Waals surface area contributed by atoms with E-state index >= 15 is 0 Å². The zero-order chi connectivity index (χ0) is 23.0. The zero-order valence-electron chi connectivity index (χ0n) is 19.6. The fourth-order valence-corrected chi connectivity index (χ4v) is 4.83. The third-order valence-corrected chi connectivity index (χ3v) is 6.85. The van der Waals surface area contributed by atoms with Crippen molar-refractivity contribution in [1.82, 2.24) is 0 Å². The summed E-state index contributed by atoms with van der Waals surface area (Å²) in [7, 11) is 1.70. The minimum atomic E-state index is 0.777. The molecule has 0 N–H and O–H groups in total. The van der Waals surface area contributed by atoms with Gasteiger partial charge in [0.1, 0.15) is 11.5 Å². The highest BCUT2D eigenvalue weighted by Gasteiger charge is 2.19. The molecule has 0 radical (unpaired) electrons. The van der Waals surface area contributed by atoms with Gasteiger partial charge >= 0.3 is 0 Å². The fourth-order valence-electron chi connectivity index (χ4n) is 3.71. The molecule has 0 atom stereocenters. The minimum absolute atomic E-state index is 0.777. The van der Waals surface area contributed by atoms with Crippen LogP contribution in [-0.2, 0) is 0 Å². The summed E-state index contributed by atoms with van der Waals surface area (Å²) in [6.07, 6.45) is 3.51. The summed E-state index contributed by atoms with van der Waals surface area (Å²) >= 11 is 1.81. The molecular formula is C30H31O2S+. The molecule has 33 heavy (non-hydrogen) atoms. The molecule has 0 bridgehead atoms. The zero-order valence-corrected chi connectivity index (χ0v) is 20.5. The molecule has 0 unspecified atom stereocenters. The van der Waals surface area contributed by atoms with E-state index in [0.717, 1.165) is 24.5 Å². The van der Waals surface area contributed by atoms with E-state index in [0.29, 0.717) is 0 Å². The number of hydrogen-bond donors (Lipinski definition) is 0. The van der Waals surface area contributed by atoms with Crippen LogP contribution in [0.5, 0.6) is 11.5 Å². The highest BCUT2D eigenvalue weighted by atomic mass is 32.1. The smallest absolute Gasteiger partial charge is 0.239 e. The quantitative estimate of drug-likeness (QED) is 0.185. The summed E-state index contributed by atoms with van der Waals surface area (Å²) in [4.78, 5) is 2.48. The van der Waals surface area contributed by atoms with Gasteiger partial charge < -0.3 is 9.47 Å². The van der Waals surface area contributed by atoms with E-state index < -0.39 is 0 Å². The van der Waals surface area contributed by atoms with Crippen LogP contribution in [0.2, 0.25) is 0 Å². The third-order valence-electron chi connectivity index (χ3n) is 5.71. The Morgan fingerprint density at radius 2 is 1.18 bits per heavy atom. The topological polar surface area (TPSA) is 18.5 Å². The van der Waals surface area contributed by atoms with E-state index in [2.05, 4.69) is 86.6 Å². The second-order valence-corrected chi connectivity index (χ2v) is 9.33. The van der Waals surface area contributed by atoms with Crippen molar-refractivity contribution in [3.8, 4) is 43.5 Å². The van der Waals surface area contributed by atoms with Crippen LogP contribution in [0.4, 0.5) is 0 Å². The number of rotatable bonds is 9. The van der Waals surface area contributed by atoms with Crippen LogP contribution in [0.15, 0.2) is 84.9 Å². The Kier molecular flexibility index (Phi) is 7.74. The molecule has 3 aromatic carbocycles. The van der Waals surface area contributed by atoms with Crippen LogP contribution in [0, 0.1) is 6.92 Å². The molecule has 4 rings (SSSR count). The van der Waals surface area contributed by atoms with Crippen LogP contribution in [0.1, 0.15) is 31.7 Å². The lowest BCUT2D eigenvalue weighted by Gasteiger charge is -2.08. The van der Waals surface area contributed by atoms with Crippen molar-refractivity contribution in [3.63, 3.8) is 0 Å². The van der Waals surface area contributed by atoms with Crippen molar-refractivity contribution in [3.05, 3.63) is 90.5 Å². The summed E-state index contributed by atoms with van der Waals surface area (Å²) in [5.74, 6) is 1.80. The van der Waals surface area contributed by atoms with Gasteiger partial charge in [0.25, 0.3) is 0 Å². The molecule has 1 aromatic heterocycles. The number of aryl methyl sites for hydroxylation is 1. The van der Waals surface area contributed by atoms with E-state index in [-0.39, 0.29) is 0 Å². The number of methoxy groups -OCH3 is 1. The molecule has 4 aromatic rings. The van der Waals surface area contributed by atoms with Gasteiger partial charge in [0.15, 0.2) is 0 Å². The van der Waals surface area contributed by atoms with Crippen molar-refractivity contribution in [2.75, 3.05) is 13.7 Å². The SMILES string of the molecule is CCCCCOc1ccc(-c2cc(-c3ccc(C)cc3)[s+]c(-c3ccc(OC)cc3)c2)cc1. The van der Waals surface area contributed by atoms with Crippen molar-refractivity contribution in [2.24, 2.45) is 0 Å². The van der Waals surface area contributed by atoms with Gasteiger partial charge in [-0.3, -0.25) is 0 Å². The van der Waals surface area contributed by atoms with Gasteiger partial charge in [0.2, 0.25) is 21.1 Å². The number of hydrogen-bond acceptors (Lipinski definition) is 2. The van der Waals surface area contributed by atoms with Crippen LogP contribution in [0.3, 0.4) is 0 Å². The van der Waals surface area contributed by atoms with Crippen molar-refractivity contribution in [2.45, 2.75) is 33.1 Å².